The van der Waals surface area contributed by atoms with E-state index in [1.807, 2.05) is 18.2 Å². The summed E-state index contributed by atoms with van der Waals surface area (Å²) in [4.78, 5) is 25.9. The first-order valence-corrected chi connectivity index (χ1v) is 8.08. The molecule has 26 heavy (non-hydrogen) atoms. The van der Waals surface area contributed by atoms with Crippen LogP contribution in [0.2, 0.25) is 0 Å². The summed E-state index contributed by atoms with van der Waals surface area (Å²) in [6, 6.07) is 9.95. The van der Waals surface area contributed by atoms with Crippen LogP contribution in [0, 0.1) is 5.92 Å². The average Bonchev–Trinajstić information content (AvgIpc) is 3.22. The highest BCUT2D eigenvalue weighted by molar-refractivity contribution is 6.00. The summed E-state index contributed by atoms with van der Waals surface area (Å²) in [7, 11) is 0. The maximum Gasteiger partial charge on any atom is 0.435 e. The van der Waals surface area contributed by atoms with E-state index in [0.717, 1.165) is 16.4 Å². The lowest BCUT2D eigenvalue weighted by Gasteiger charge is -2.16. The largest absolute Gasteiger partial charge is 0.435 e. The number of anilines is 1. The number of carbonyl (C=O) groups is 2. The third-order valence-electron chi connectivity index (χ3n) is 4.13. The minimum absolute atomic E-state index is 0.112. The zero-order chi connectivity index (χ0) is 18.7. The molecule has 1 unspecified atom stereocenters. The van der Waals surface area contributed by atoms with E-state index in [4.69, 9.17) is 0 Å². The number of hydrogen-bond donors (Lipinski definition) is 1. The smallest absolute Gasteiger partial charge is 0.354 e. The van der Waals surface area contributed by atoms with Crippen molar-refractivity contribution in [2.45, 2.75) is 19.1 Å². The Morgan fingerprint density at radius 1 is 1.23 bits per heavy atom. The minimum Gasteiger partial charge on any atom is -0.354 e. The molecule has 2 amide bonds. The second-order valence-corrected chi connectivity index (χ2v) is 5.99. The van der Waals surface area contributed by atoms with Gasteiger partial charge in [0.2, 0.25) is 11.8 Å². The van der Waals surface area contributed by atoms with Crippen molar-refractivity contribution in [3.63, 3.8) is 0 Å². The predicted octanol–water partition coefficient (Wildman–Crippen LogP) is 2.07. The van der Waals surface area contributed by atoms with Gasteiger partial charge in [-0.1, -0.05) is 18.2 Å². The van der Waals surface area contributed by atoms with Crippen molar-refractivity contribution in [1.29, 1.82) is 0 Å². The van der Waals surface area contributed by atoms with Gasteiger partial charge in [-0.3, -0.25) is 14.3 Å². The van der Waals surface area contributed by atoms with Crippen molar-refractivity contribution in [1.82, 2.24) is 15.1 Å². The van der Waals surface area contributed by atoms with Crippen LogP contribution in [0.15, 0.2) is 42.6 Å². The molecule has 1 aromatic heterocycles. The molecule has 1 fully saturated rings. The molecule has 1 N–H and O–H groups in total. The van der Waals surface area contributed by atoms with Gasteiger partial charge in [0.05, 0.1) is 12.5 Å². The van der Waals surface area contributed by atoms with Gasteiger partial charge >= 0.3 is 6.18 Å². The van der Waals surface area contributed by atoms with Crippen LogP contribution < -0.4 is 10.2 Å². The lowest BCUT2D eigenvalue weighted by molar-refractivity contribution is -0.141. The topological polar surface area (TPSA) is 67.2 Å². The summed E-state index contributed by atoms with van der Waals surface area (Å²) in [5.74, 6) is -0.899. The van der Waals surface area contributed by atoms with E-state index in [0.29, 0.717) is 0 Å². The summed E-state index contributed by atoms with van der Waals surface area (Å²) in [6.45, 7) is 0.535. The van der Waals surface area contributed by atoms with Gasteiger partial charge in [-0.15, -0.1) is 0 Å². The Bertz CT molecular complexity index is 789. The second kappa shape index (κ2) is 7.19. The second-order valence-electron chi connectivity index (χ2n) is 5.99. The van der Waals surface area contributed by atoms with Crippen LogP contribution in [0.25, 0.3) is 0 Å². The summed E-state index contributed by atoms with van der Waals surface area (Å²) < 4.78 is 38.6. The van der Waals surface area contributed by atoms with Crippen LogP contribution in [-0.4, -0.2) is 34.7 Å². The Balaban J connectivity index is 1.50. The molecule has 138 valence electrons. The summed E-state index contributed by atoms with van der Waals surface area (Å²) in [6.07, 6.45) is -3.16. The van der Waals surface area contributed by atoms with Crippen molar-refractivity contribution >= 4 is 17.5 Å². The average molecular weight is 366 g/mol. The predicted molar refractivity (Wildman–Crippen MR) is 87.1 cm³/mol. The molecule has 3 rings (SSSR count). The number of carbonyl (C=O) groups excluding carboxylic acids is 2. The summed E-state index contributed by atoms with van der Waals surface area (Å²) in [5.41, 5.74) is -0.229. The fraction of sp³-hybridized carbons (Fsp3) is 0.353. The normalized spacial score (nSPS) is 17.6. The summed E-state index contributed by atoms with van der Waals surface area (Å²) in [5, 5.41) is 6.07. The number of amides is 2. The molecule has 9 heteroatoms. The van der Waals surface area contributed by atoms with Gasteiger partial charge in [0.1, 0.15) is 0 Å². The molecular formula is C17H17F3N4O2. The van der Waals surface area contributed by atoms with E-state index in [1.54, 1.807) is 17.0 Å². The fourth-order valence-electron chi connectivity index (χ4n) is 2.82. The van der Waals surface area contributed by atoms with Crippen LogP contribution in [-0.2, 0) is 22.3 Å². The molecule has 6 nitrogen and oxygen atoms in total. The summed E-state index contributed by atoms with van der Waals surface area (Å²) >= 11 is 0. The van der Waals surface area contributed by atoms with Gasteiger partial charge < -0.3 is 10.2 Å². The maximum absolute atomic E-state index is 12.5. The Kier molecular flexibility index (Phi) is 4.97. The SMILES string of the molecule is O=C(NCCn1ccc(C(F)(F)F)n1)C1CC(=O)N(c2ccccc2)C1. The molecule has 1 aromatic carbocycles. The lowest BCUT2D eigenvalue weighted by Crippen LogP contribution is -2.34. The van der Waals surface area contributed by atoms with E-state index < -0.39 is 17.8 Å². The van der Waals surface area contributed by atoms with Gasteiger partial charge in [-0.05, 0) is 18.2 Å². The molecule has 1 atom stereocenters. The zero-order valence-corrected chi connectivity index (χ0v) is 13.7. The molecule has 0 saturated carbocycles. The van der Waals surface area contributed by atoms with Gasteiger partial charge in [0, 0.05) is 31.4 Å². The minimum atomic E-state index is -4.49. The standard InChI is InChI=1S/C17H17F3N4O2/c18-17(19,20)14-6-8-23(22-14)9-7-21-16(26)12-10-15(25)24(11-12)13-4-2-1-3-5-13/h1-6,8,12H,7,9-11H2,(H,21,26). The van der Waals surface area contributed by atoms with Gasteiger partial charge in [-0.25, -0.2) is 0 Å². The number of para-hydroxylation sites is 1. The molecule has 1 saturated heterocycles. The molecule has 0 spiro atoms. The van der Waals surface area contributed by atoms with Crippen LogP contribution in [0.4, 0.5) is 18.9 Å². The van der Waals surface area contributed by atoms with Crippen LogP contribution in [0.3, 0.4) is 0 Å². The number of aromatic nitrogens is 2. The first-order chi connectivity index (χ1) is 12.3. The highest BCUT2D eigenvalue weighted by Crippen LogP contribution is 2.27. The van der Waals surface area contributed by atoms with Gasteiger partial charge in [0.15, 0.2) is 5.69 Å². The number of rotatable bonds is 5. The van der Waals surface area contributed by atoms with Crippen molar-refractivity contribution in [3.05, 3.63) is 48.3 Å². The van der Waals surface area contributed by atoms with Crippen LogP contribution >= 0.6 is 0 Å². The van der Waals surface area contributed by atoms with Crippen molar-refractivity contribution in [2.24, 2.45) is 5.92 Å². The molecular weight excluding hydrogens is 349 g/mol. The van der Waals surface area contributed by atoms with E-state index in [-0.39, 0.29) is 37.9 Å². The van der Waals surface area contributed by atoms with E-state index in [1.165, 1.54) is 6.20 Å². The van der Waals surface area contributed by atoms with E-state index in [9.17, 15) is 22.8 Å². The molecule has 1 aliphatic heterocycles. The number of alkyl halides is 3. The monoisotopic (exact) mass is 366 g/mol. The first kappa shape index (κ1) is 18.0. The Morgan fingerprint density at radius 3 is 2.62 bits per heavy atom. The Hall–Kier alpha value is -2.84. The van der Waals surface area contributed by atoms with Crippen molar-refractivity contribution in [3.8, 4) is 0 Å². The van der Waals surface area contributed by atoms with Gasteiger partial charge in [0.25, 0.3) is 0 Å². The maximum atomic E-state index is 12.5. The van der Waals surface area contributed by atoms with E-state index >= 15 is 0 Å². The van der Waals surface area contributed by atoms with Crippen molar-refractivity contribution < 1.29 is 22.8 Å². The molecule has 0 aliphatic carbocycles. The molecule has 1 aliphatic rings. The number of hydrogen-bond acceptors (Lipinski definition) is 3. The third kappa shape index (κ3) is 4.04. The quantitative estimate of drug-likeness (QED) is 0.881. The molecule has 0 bridgehead atoms. The highest BCUT2D eigenvalue weighted by atomic mass is 19.4. The number of nitrogens with one attached hydrogen (secondary N) is 1. The van der Waals surface area contributed by atoms with Gasteiger partial charge in [-0.2, -0.15) is 18.3 Å². The Labute approximate surface area is 147 Å². The van der Waals surface area contributed by atoms with Crippen LogP contribution in [0.5, 0.6) is 0 Å². The Morgan fingerprint density at radius 2 is 1.96 bits per heavy atom. The third-order valence-corrected chi connectivity index (χ3v) is 4.13. The van der Waals surface area contributed by atoms with E-state index in [2.05, 4.69) is 10.4 Å². The lowest BCUT2D eigenvalue weighted by atomic mass is 10.1. The number of benzene rings is 1. The van der Waals surface area contributed by atoms with Crippen LogP contribution in [0.1, 0.15) is 12.1 Å². The fourth-order valence-corrected chi connectivity index (χ4v) is 2.82. The highest BCUT2D eigenvalue weighted by Gasteiger charge is 2.35. The molecule has 0 radical (unpaired) electrons. The zero-order valence-electron chi connectivity index (χ0n) is 13.7. The number of halogens is 3. The van der Waals surface area contributed by atoms with Crippen molar-refractivity contribution in [2.75, 3.05) is 18.0 Å². The molecule has 2 heterocycles. The number of nitrogens with zero attached hydrogens (tertiary/aromatic N) is 3. The first-order valence-electron chi connectivity index (χ1n) is 8.08. The molecule has 2 aromatic rings.